The van der Waals surface area contributed by atoms with Crippen molar-refractivity contribution in [2.24, 2.45) is 0 Å². The summed E-state index contributed by atoms with van der Waals surface area (Å²) >= 11 is 0. The Hall–Kier alpha value is -3.22. The molecule has 3 aromatic rings. The number of anilines is 2. The zero-order valence-electron chi connectivity index (χ0n) is 16.6. The van der Waals surface area contributed by atoms with Gasteiger partial charge in [-0.05, 0) is 30.5 Å². The number of fused-ring (bicyclic) bond motifs is 2. The lowest BCUT2D eigenvalue weighted by molar-refractivity contribution is 0.0681. The van der Waals surface area contributed by atoms with Gasteiger partial charge in [0.15, 0.2) is 11.5 Å². The van der Waals surface area contributed by atoms with Gasteiger partial charge in [-0.1, -0.05) is 18.2 Å². The van der Waals surface area contributed by atoms with Crippen molar-refractivity contribution in [3.8, 4) is 17.2 Å². The Morgan fingerprint density at radius 1 is 1.07 bits per heavy atom. The number of aromatic nitrogens is 2. The molecule has 2 aromatic carbocycles. The van der Waals surface area contributed by atoms with Crippen molar-refractivity contribution >= 4 is 22.7 Å². The van der Waals surface area contributed by atoms with E-state index in [0.717, 1.165) is 49.0 Å². The Bertz CT molecular complexity index is 1090. The maximum atomic E-state index is 6.45. The van der Waals surface area contributed by atoms with E-state index in [1.54, 1.807) is 14.2 Å². The van der Waals surface area contributed by atoms with Gasteiger partial charge in [-0.3, -0.25) is 0 Å². The van der Waals surface area contributed by atoms with E-state index in [1.807, 2.05) is 18.2 Å². The van der Waals surface area contributed by atoms with Crippen LogP contribution in [0.4, 0.5) is 11.8 Å². The zero-order chi connectivity index (χ0) is 20.0. The Morgan fingerprint density at radius 2 is 1.86 bits per heavy atom. The number of para-hydroxylation sites is 1. The third-order valence-corrected chi connectivity index (χ3v) is 5.97. The average Bonchev–Trinajstić information content (AvgIpc) is 3.16. The van der Waals surface area contributed by atoms with E-state index >= 15 is 0 Å². The molecule has 0 bridgehead atoms. The Morgan fingerprint density at radius 3 is 2.69 bits per heavy atom. The van der Waals surface area contributed by atoms with Gasteiger partial charge in [-0.2, -0.15) is 4.98 Å². The van der Waals surface area contributed by atoms with Crippen molar-refractivity contribution < 1.29 is 14.2 Å². The van der Waals surface area contributed by atoms with Gasteiger partial charge in [0.05, 0.1) is 26.3 Å². The first-order valence-electron chi connectivity index (χ1n) is 9.82. The number of nitrogen functional groups attached to an aromatic ring is 1. The normalized spacial score (nSPS) is 20.6. The maximum Gasteiger partial charge on any atom is 0.228 e. The molecule has 150 valence electrons. The first-order chi connectivity index (χ1) is 14.1. The summed E-state index contributed by atoms with van der Waals surface area (Å²) in [6.45, 7) is 1.58. The molecule has 29 heavy (non-hydrogen) atoms. The fraction of sp³-hybridized carbons (Fsp3) is 0.364. The second-order valence-corrected chi connectivity index (χ2v) is 7.70. The minimum absolute atomic E-state index is 0.195. The molecule has 1 aromatic heterocycles. The predicted molar refractivity (Wildman–Crippen MR) is 112 cm³/mol. The molecule has 1 unspecified atom stereocenters. The van der Waals surface area contributed by atoms with Crippen molar-refractivity contribution in [3.63, 3.8) is 0 Å². The van der Waals surface area contributed by atoms with Crippen molar-refractivity contribution in [2.75, 3.05) is 37.9 Å². The lowest BCUT2D eigenvalue weighted by Gasteiger charge is -2.35. The van der Waals surface area contributed by atoms with E-state index in [0.29, 0.717) is 23.3 Å². The van der Waals surface area contributed by atoms with Crippen molar-refractivity contribution in [1.29, 1.82) is 0 Å². The van der Waals surface area contributed by atoms with Gasteiger partial charge >= 0.3 is 0 Å². The molecular weight excluding hydrogens is 368 g/mol. The molecule has 1 saturated heterocycles. The fourth-order valence-corrected chi connectivity index (χ4v) is 4.37. The molecule has 1 spiro atoms. The number of aryl methyl sites for hydroxylation is 1. The summed E-state index contributed by atoms with van der Waals surface area (Å²) in [7, 11) is 3.21. The molecule has 3 heterocycles. The van der Waals surface area contributed by atoms with Crippen LogP contribution < -0.4 is 24.8 Å². The Kier molecular flexibility index (Phi) is 4.12. The van der Waals surface area contributed by atoms with Gasteiger partial charge in [-0.15, -0.1) is 0 Å². The summed E-state index contributed by atoms with van der Waals surface area (Å²) in [5.41, 5.74) is 8.09. The van der Waals surface area contributed by atoms with Crippen LogP contribution in [0.15, 0.2) is 36.4 Å². The first kappa shape index (κ1) is 17.8. The van der Waals surface area contributed by atoms with Gasteiger partial charge in [0.2, 0.25) is 5.95 Å². The molecule has 1 atom stereocenters. The van der Waals surface area contributed by atoms with Gasteiger partial charge in [0, 0.05) is 24.4 Å². The van der Waals surface area contributed by atoms with Crippen LogP contribution in [-0.2, 0) is 6.42 Å². The van der Waals surface area contributed by atoms with Crippen LogP contribution in [0.3, 0.4) is 0 Å². The molecule has 5 rings (SSSR count). The molecule has 1 fully saturated rings. The largest absolute Gasteiger partial charge is 0.493 e. The number of hydrogen-bond acceptors (Lipinski definition) is 7. The molecule has 0 aliphatic carbocycles. The van der Waals surface area contributed by atoms with E-state index in [4.69, 9.17) is 24.9 Å². The summed E-state index contributed by atoms with van der Waals surface area (Å²) in [6.07, 6.45) is 2.96. The molecule has 7 nitrogen and oxygen atoms in total. The number of nitrogens with zero attached hydrogens (tertiary/aromatic N) is 3. The van der Waals surface area contributed by atoms with Crippen LogP contribution in [0, 0.1) is 0 Å². The van der Waals surface area contributed by atoms with E-state index in [-0.39, 0.29) is 5.60 Å². The zero-order valence-corrected chi connectivity index (χ0v) is 16.6. The van der Waals surface area contributed by atoms with E-state index < -0.39 is 0 Å². The summed E-state index contributed by atoms with van der Waals surface area (Å²) in [4.78, 5) is 11.5. The van der Waals surface area contributed by atoms with Crippen LogP contribution in [0.2, 0.25) is 0 Å². The minimum Gasteiger partial charge on any atom is -0.493 e. The quantitative estimate of drug-likeness (QED) is 0.733. The van der Waals surface area contributed by atoms with Crippen LogP contribution in [0.25, 0.3) is 10.9 Å². The van der Waals surface area contributed by atoms with Crippen molar-refractivity contribution in [3.05, 3.63) is 42.0 Å². The van der Waals surface area contributed by atoms with Crippen molar-refractivity contribution in [1.82, 2.24) is 9.97 Å². The number of benzene rings is 2. The van der Waals surface area contributed by atoms with Crippen molar-refractivity contribution in [2.45, 2.75) is 24.9 Å². The highest BCUT2D eigenvalue weighted by molar-refractivity contribution is 5.91. The van der Waals surface area contributed by atoms with Crippen LogP contribution in [0.1, 0.15) is 18.4 Å². The van der Waals surface area contributed by atoms with Crippen LogP contribution >= 0.6 is 0 Å². The van der Waals surface area contributed by atoms with E-state index in [1.165, 1.54) is 5.56 Å². The highest BCUT2D eigenvalue weighted by Crippen LogP contribution is 2.40. The third-order valence-electron chi connectivity index (χ3n) is 5.97. The Labute approximate surface area is 169 Å². The van der Waals surface area contributed by atoms with Gasteiger partial charge < -0.3 is 24.8 Å². The lowest BCUT2D eigenvalue weighted by Crippen LogP contribution is -2.42. The molecule has 2 aliphatic heterocycles. The number of ether oxygens (including phenoxy) is 3. The standard InChI is InChI=1S/C22H24N4O3/c1-27-18-11-15-16(12-19(18)28-2)24-21(25-20(15)23)26-10-9-22(13-26)8-7-14-5-3-4-6-17(14)29-22/h3-6,11-12H,7-10,13H2,1-2H3,(H2,23,24,25). The third kappa shape index (κ3) is 2.97. The molecule has 7 heteroatoms. The van der Waals surface area contributed by atoms with Gasteiger partial charge in [0.25, 0.3) is 0 Å². The molecular formula is C22H24N4O3. The molecule has 0 saturated carbocycles. The highest BCUT2D eigenvalue weighted by atomic mass is 16.5. The summed E-state index contributed by atoms with van der Waals surface area (Å²) in [5.74, 6) is 3.28. The fourth-order valence-electron chi connectivity index (χ4n) is 4.37. The minimum atomic E-state index is -0.195. The van der Waals surface area contributed by atoms with E-state index in [2.05, 4.69) is 28.1 Å². The van der Waals surface area contributed by atoms with Gasteiger partial charge in [0.1, 0.15) is 17.2 Å². The smallest absolute Gasteiger partial charge is 0.228 e. The highest BCUT2D eigenvalue weighted by Gasteiger charge is 2.43. The predicted octanol–water partition coefficient (Wildman–Crippen LogP) is 3.20. The molecule has 2 N–H and O–H groups in total. The van der Waals surface area contributed by atoms with Crippen LogP contribution in [-0.4, -0.2) is 42.9 Å². The average molecular weight is 392 g/mol. The SMILES string of the molecule is COc1cc2nc(N3CCC4(CCc5ccccc5O4)C3)nc(N)c2cc1OC. The summed E-state index contributed by atoms with van der Waals surface area (Å²) in [6, 6.07) is 12.0. The number of nitrogens with two attached hydrogens (primary N) is 1. The number of methoxy groups -OCH3 is 2. The topological polar surface area (TPSA) is 82.7 Å². The lowest BCUT2D eigenvalue weighted by atomic mass is 9.90. The number of rotatable bonds is 3. The van der Waals surface area contributed by atoms with Crippen LogP contribution in [0.5, 0.6) is 17.2 Å². The Balaban J connectivity index is 1.46. The first-order valence-corrected chi connectivity index (χ1v) is 9.82. The molecule has 0 radical (unpaired) electrons. The number of hydrogen-bond donors (Lipinski definition) is 1. The molecule has 0 amide bonds. The maximum absolute atomic E-state index is 6.45. The second kappa shape index (κ2) is 6.69. The van der Waals surface area contributed by atoms with E-state index in [9.17, 15) is 0 Å². The molecule has 2 aliphatic rings. The summed E-state index contributed by atoms with van der Waals surface area (Å²) < 4.78 is 17.2. The van der Waals surface area contributed by atoms with Gasteiger partial charge in [-0.25, -0.2) is 4.98 Å². The monoisotopic (exact) mass is 392 g/mol. The summed E-state index contributed by atoms with van der Waals surface area (Å²) in [5, 5.41) is 0.753. The second-order valence-electron chi connectivity index (χ2n) is 7.70.